The Kier molecular flexibility index (Phi) is 3.35. The summed E-state index contributed by atoms with van der Waals surface area (Å²) in [5.41, 5.74) is 3.45. The zero-order chi connectivity index (χ0) is 15.8. The Balaban J connectivity index is 1.73. The van der Waals surface area contributed by atoms with Crippen LogP contribution in [0.5, 0.6) is 5.75 Å². The van der Waals surface area contributed by atoms with Crippen molar-refractivity contribution in [2.24, 2.45) is 0 Å². The molecule has 1 atom stereocenters. The molecule has 2 aromatic heterocycles. The predicted molar refractivity (Wildman–Crippen MR) is 85.3 cm³/mol. The van der Waals surface area contributed by atoms with Crippen molar-refractivity contribution in [1.82, 2.24) is 4.98 Å². The number of pyridine rings is 1. The number of nitrogens with zero attached hydrogens (tertiary/aromatic N) is 1. The molecule has 0 amide bonds. The molecule has 1 aliphatic rings. The van der Waals surface area contributed by atoms with Gasteiger partial charge in [-0.2, -0.15) is 0 Å². The normalized spacial score (nSPS) is 16.8. The summed E-state index contributed by atoms with van der Waals surface area (Å²) in [7, 11) is 0. The lowest BCUT2D eigenvalue weighted by Gasteiger charge is -2.26. The van der Waals surface area contributed by atoms with Gasteiger partial charge >= 0.3 is 5.63 Å². The average molecular weight is 309 g/mol. The van der Waals surface area contributed by atoms with Gasteiger partial charge in [-0.1, -0.05) is 0 Å². The van der Waals surface area contributed by atoms with Crippen LogP contribution in [-0.4, -0.2) is 11.7 Å². The van der Waals surface area contributed by atoms with Crippen LogP contribution < -0.4 is 15.3 Å². The SMILES string of the molecule is Cc1cc(=O)oc2c3c(ccc12)OC[NH+](Cc1ccncc1)C3. The van der Waals surface area contributed by atoms with E-state index in [4.69, 9.17) is 9.15 Å². The van der Waals surface area contributed by atoms with E-state index in [-0.39, 0.29) is 5.63 Å². The van der Waals surface area contributed by atoms with Gasteiger partial charge in [-0.3, -0.25) is 9.88 Å². The van der Waals surface area contributed by atoms with E-state index in [0.717, 1.165) is 35.4 Å². The minimum absolute atomic E-state index is 0.315. The van der Waals surface area contributed by atoms with Crippen LogP contribution in [0.25, 0.3) is 11.0 Å². The largest absolute Gasteiger partial charge is 0.445 e. The maximum Gasteiger partial charge on any atom is 0.336 e. The second-order valence-corrected chi connectivity index (χ2v) is 5.92. The summed E-state index contributed by atoms with van der Waals surface area (Å²) in [5.74, 6) is 0.810. The lowest BCUT2D eigenvalue weighted by atomic mass is 10.0. The molecule has 5 nitrogen and oxygen atoms in total. The molecular formula is C18H17N2O3+. The van der Waals surface area contributed by atoms with E-state index in [0.29, 0.717) is 12.3 Å². The fraction of sp³-hybridized carbons (Fsp3) is 0.222. The van der Waals surface area contributed by atoms with Gasteiger partial charge in [-0.05, 0) is 36.8 Å². The van der Waals surface area contributed by atoms with Crippen molar-refractivity contribution in [2.75, 3.05) is 6.73 Å². The monoisotopic (exact) mass is 309 g/mol. The first kappa shape index (κ1) is 14.0. The Morgan fingerprint density at radius 2 is 2.04 bits per heavy atom. The van der Waals surface area contributed by atoms with Gasteiger partial charge in [-0.15, -0.1) is 0 Å². The molecule has 0 radical (unpaired) electrons. The highest BCUT2D eigenvalue weighted by atomic mass is 16.5. The Hall–Kier alpha value is -2.66. The lowest BCUT2D eigenvalue weighted by molar-refractivity contribution is -0.945. The summed E-state index contributed by atoms with van der Waals surface area (Å²) in [4.78, 5) is 17.1. The number of hydrogen-bond donors (Lipinski definition) is 1. The van der Waals surface area contributed by atoms with Crippen molar-refractivity contribution < 1.29 is 14.1 Å². The topological polar surface area (TPSA) is 56.8 Å². The van der Waals surface area contributed by atoms with Crippen molar-refractivity contribution >= 4 is 11.0 Å². The Bertz CT molecular complexity index is 919. The summed E-state index contributed by atoms with van der Waals surface area (Å²) in [6.45, 7) is 4.13. The molecule has 0 aliphatic carbocycles. The number of rotatable bonds is 2. The smallest absolute Gasteiger partial charge is 0.336 e. The summed E-state index contributed by atoms with van der Waals surface area (Å²) < 4.78 is 11.4. The van der Waals surface area contributed by atoms with E-state index in [1.54, 1.807) is 12.4 Å². The van der Waals surface area contributed by atoms with Crippen LogP contribution in [0.3, 0.4) is 0 Å². The number of aromatic nitrogens is 1. The molecule has 3 heterocycles. The fourth-order valence-electron chi connectivity index (χ4n) is 3.11. The summed E-state index contributed by atoms with van der Waals surface area (Å²) in [6.07, 6.45) is 3.59. The Morgan fingerprint density at radius 1 is 1.22 bits per heavy atom. The van der Waals surface area contributed by atoms with Crippen molar-refractivity contribution in [1.29, 1.82) is 0 Å². The number of benzene rings is 1. The van der Waals surface area contributed by atoms with Crippen molar-refractivity contribution in [3.8, 4) is 5.75 Å². The summed E-state index contributed by atoms with van der Waals surface area (Å²) in [6, 6.07) is 9.47. The second-order valence-electron chi connectivity index (χ2n) is 5.92. The molecule has 0 spiro atoms. The number of ether oxygens (including phenoxy) is 1. The fourth-order valence-corrected chi connectivity index (χ4v) is 3.11. The van der Waals surface area contributed by atoms with Crippen LogP contribution in [0.15, 0.2) is 51.9 Å². The Morgan fingerprint density at radius 3 is 2.87 bits per heavy atom. The molecule has 0 bridgehead atoms. The van der Waals surface area contributed by atoms with Crippen LogP contribution in [0, 0.1) is 6.92 Å². The first-order valence-corrected chi connectivity index (χ1v) is 7.62. The van der Waals surface area contributed by atoms with Crippen molar-refractivity contribution in [2.45, 2.75) is 20.0 Å². The molecular weight excluding hydrogens is 292 g/mol. The van der Waals surface area contributed by atoms with Crippen LogP contribution in [0.2, 0.25) is 0 Å². The molecule has 1 N–H and O–H groups in total. The zero-order valence-corrected chi connectivity index (χ0v) is 12.8. The van der Waals surface area contributed by atoms with E-state index >= 15 is 0 Å². The van der Waals surface area contributed by atoms with Gasteiger partial charge in [0.25, 0.3) is 0 Å². The van der Waals surface area contributed by atoms with E-state index in [2.05, 4.69) is 4.98 Å². The number of hydrogen-bond acceptors (Lipinski definition) is 4. The summed E-state index contributed by atoms with van der Waals surface area (Å²) >= 11 is 0. The van der Waals surface area contributed by atoms with Gasteiger partial charge in [-0.25, -0.2) is 4.79 Å². The van der Waals surface area contributed by atoms with Gasteiger partial charge in [0, 0.05) is 29.4 Å². The minimum Gasteiger partial charge on any atom is -0.445 e. The average Bonchev–Trinajstić information content (AvgIpc) is 2.55. The van der Waals surface area contributed by atoms with E-state index in [1.807, 2.05) is 31.2 Å². The van der Waals surface area contributed by atoms with Gasteiger partial charge in [0.2, 0.25) is 6.73 Å². The third kappa shape index (κ3) is 2.59. The quantitative estimate of drug-likeness (QED) is 0.728. The highest BCUT2D eigenvalue weighted by Crippen LogP contribution is 2.29. The maximum atomic E-state index is 11.7. The van der Waals surface area contributed by atoms with Crippen molar-refractivity contribution in [3.63, 3.8) is 0 Å². The third-order valence-electron chi connectivity index (χ3n) is 4.24. The summed E-state index contributed by atoms with van der Waals surface area (Å²) in [5, 5.41) is 0.970. The van der Waals surface area contributed by atoms with Gasteiger partial charge in [0.05, 0.1) is 5.56 Å². The minimum atomic E-state index is -0.315. The second kappa shape index (κ2) is 5.52. The molecule has 1 aromatic carbocycles. The van der Waals surface area contributed by atoms with Crippen molar-refractivity contribution in [3.05, 3.63) is 69.8 Å². The molecule has 0 saturated heterocycles. The lowest BCUT2D eigenvalue weighted by Crippen LogP contribution is -3.10. The van der Waals surface area contributed by atoms with Crippen LogP contribution in [0.1, 0.15) is 16.7 Å². The first-order chi connectivity index (χ1) is 11.2. The van der Waals surface area contributed by atoms with E-state index < -0.39 is 0 Å². The van der Waals surface area contributed by atoms with Crippen LogP contribution in [-0.2, 0) is 13.1 Å². The number of quaternary nitrogens is 1. The zero-order valence-electron chi connectivity index (χ0n) is 12.8. The molecule has 0 fully saturated rings. The molecule has 116 valence electrons. The molecule has 4 rings (SSSR count). The standard InChI is InChI=1S/C18H16N2O3/c1-12-8-17(21)23-18-14(12)2-3-16-15(18)10-20(11-22-16)9-13-4-6-19-7-5-13/h2-8H,9-11H2,1H3/p+1. The third-order valence-corrected chi connectivity index (χ3v) is 4.24. The van der Waals surface area contributed by atoms with Gasteiger partial charge in [0.1, 0.15) is 18.8 Å². The number of fused-ring (bicyclic) bond motifs is 3. The molecule has 1 aliphatic heterocycles. The highest BCUT2D eigenvalue weighted by molar-refractivity contribution is 5.84. The molecule has 0 saturated carbocycles. The maximum absolute atomic E-state index is 11.7. The molecule has 5 heteroatoms. The van der Waals surface area contributed by atoms with Gasteiger partial charge in [0.15, 0.2) is 5.58 Å². The molecule has 1 unspecified atom stereocenters. The number of aryl methyl sites for hydroxylation is 1. The molecule has 23 heavy (non-hydrogen) atoms. The first-order valence-electron chi connectivity index (χ1n) is 7.62. The number of nitrogens with one attached hydrogen (secondary N) is 1. The highest BCUT2D eigenvalue weighted by Gasteiger charge is 2.24. The van der Waals surface area contributed by atoms with E-state index in [9.17, 15) is 4.79 Å². The van der Waals surface area contributed by atoms with Crippen LogP contribution >= 0.6 is 0 Å². The Labute approximate surface area is 133 Å². The van der Waals surface area contributed by atoms with Gasteiger partial charge < -0.3 is 9.15 Å². The van der Waals surface area contributed by atoms with Crippen LogP contribution in [0.4, 0.5) is 0 Å². The molecule has 3 aromatic rings. The predicted octanol–water partition coefficient (Wildman–Crippen LogP) is 1.43. The van der Waals surface area contributed by atoms with E-state index in [1.165, 1.54) is 16.5 Å².